The summed E-state index contributed by atoms with van der Waals surface area (Å²) in [6, 6.07) is 1.89. The molecule has 0 amide bonds. The van der Waals surface area contributed by atoms with Crippen molar-refractivity contribution in [2.24, 2.45) is 0 Å². The average molecular weight is 330 g/mol. The third kappa shape index (κ3) is 3.32. The van der Waals surface area contributed by atoms with E-state index in [-0.39, 0.29) is 0 Å². The number of rotatable bonds is 4. The molecule has 0 aliphatic heterocycles. The zero-order valence-electron chi connectivity index (χ0n) is 10.7. The van der Waals surface area contributed by atoms with Gasteiger partial charge < -0.3 is 11.1 Å². The lowest BCUT2D eigenvalue weighted by molar-refractivity contribution is 0.411. The van der Waals surface area contributed by atoms with Crippen molar-refractivity contribution in [1.29, 1.82) is 0 Å². The molecule has 3 nitrogen and oxygen atoms in total. The van der Waals surface area contributed by atoms with Gasteiger partial charge in [0, 0.05) is 11.3 Å². The molecule has 0 atom stereocenters. The van der Waals surface area contributed by atoms with Gasteiger partial charge in [0.05, 0.1) is 16.4 Å². The molecule has 0 saturated heterocycles. The fourth-order valence-electron chi connectivity index (χ4n) is 2.48. The molecule has 1 aromatic rings. The molecule has 100 valence electrons. The Balaban J connectivity index is 2.01. The molecule has 1 fully saturated rings. The molecule has 0 spiro atoms. The molecule has 1 aliphatic carbocycles. The van der Waals surface area contributed by atoms with Crippen LogP contribution < -0.4 is 11.1 Å². The van der Waals surface area contributed by atoms with Gasteiger partial charge in [0.1, 0.15) is 5.82 Å². The van der Waals surface area contributed by atoms with Gasteiger partial charge in [-0.1, -0.05) is 19.3 Å². The molecule has 2 rings (SSSR count). The summed E-state index contributed by atoms with van der Waals surface area (Å²) in [5.74, 6) is 0.892. The fraction of sp³-hybridized carbons (Fsp3) is 0.615. The Morgan fingerprint density at radius 2 is 2.17 bits per heavy atom. The Bertz CT molecular complexity index is 405. The first-order chi connectivity index (χ1) is 8.65. The Morgan fingerprint density at radius 3 is 2.78 bits per heavy atom. The van der Waals surface area contributed by atoms with Crippen molar-refractivity contribution in [3.63, 3.8) is 0 Å². The summed E-state index contributed by atoms with van der Waals surface area (Å²) >= 11 is 5.49. The zero-order valence-corrected chi connectivity index (χ0v) is 13.1. The monoisotopic (exact) mass is 329 g/mol. The number of nitrogens with two attached hydrogens (primary N) is 1. The molecule has 1 heterocycles. The van der Waals surface area contributed by atoms with E-state index >= 15 is 0 Å². The van der Waals surface area contributed by atoms with Crippen LogP contribution in [0.2, 0.25) is 0 Å². The quantitative estimate of drug-likeness (QED) is 0.879. The predicted molar refractivity (Wildman–Crippen MR) is 84.2 cm³/mol. The standard InChI is InChI=1S/C13H20BrN3S/c1-18-13(5-3-2-4-6-13)9-17-12-11(14)7-10(15)8-16-12/h7-8H,2-6,9,15H2,1H3,(H,16,17). The van der Waals surface area contributed by atoms with Crippen LogP contribution >= 0.6 is 27.7 Å². The highest BCUT2D eigenvalue weighted by molar-refractivity contribution is 9.10. The first kappa shape index (κ1) is 14.0. The highest BCUT2D eigenvalue weighted by Crippen LogP contribution is 2.38. The third-order valence-electron chi connectivity index (χ3n) is 3.64. The minimum absolute atomic E-state index is 0.376. The summed E-state index contributed by atoms with van der Waals surface area (Å²) in [6.45, 7) is 0.976. The van der Waals surface area contributed by atoms with Crippen LogP contribution in [0.5, 0.6) is 0 Å². The lowest BCUT2D eigenvalue weighted by Crippen LogP contribution is -2.35. The molecule has 18 heavy (non-hydrogen) atoms. The number of pyridine rings is 1. The number of thioether (sulfide) groups is 1. The second-order valence-corrected chi connectivity index (χ2v) is 7.03. The largest absolute Gasteiger partial charge is 0.397 e. The molecule has 1 aliphatic rings. The van der Waals surface area contributed by atoms with Crippen LogP contribution in [-0.2, 0) is 0 Å². The van der Waals surface area contributed by atoms with E-state index in [4.69, 9.17) is 5.73 Å². The van der Waals surface area contributed by atoms with Gasteiger partial charge in [-0.15, -0.1) is 0 Å². The summed E-state index contributed by atoms with van der Waals surface area (Å²) in [5.41, 5.74) is 6.38. The predicted octanol–water partition coefficient (Wildman–Crippen LogP) is 3.90. The summed E-state index contributed by atoms with van der Waals surface area (Å²) in [5, 5.41) is 3.47. The molecule has 3 N–H and O–H groups in total. The van der Waals surface area contributed by atoms with Crippen molar-refractivity contribution in [2.75, 3.05) is 23.9 Å². The molecule has 0 radical (unpaired) electrons. The first-order valence-corrected chi connectivity index (χ1v) is 8.37. The fourth-order valence-corrected chi connectivity index (χ4v) is 3.90. The normalized spacial score (nSPS) is 18.6. The van der Waals surface area contributed by atoms with Crippen molar-refractivity contribution >= 4 is 39.2 Å². The van der Waals surface area contributed by atoms with Crippen molar-refractivity contribution in [3.8, 4) is 0 Å². The van der Waals surface area contributed by atoms with E-state index in [2.05, 4.69) is 32.5 Å². The van der Waals surface area contributed by atoms with Gasteiger partial charge in [0.2, 0.25) is 0 Å². The molecule has 0 bridgehead atoms. The number of halogens is 1. The minimum Gasteiger partial charge on any atom is -0.397 e. The van der Waals surface area contributed by atoms with Gasteiger partial charge in [0.25, 0.3) is 0 Å². The van der Waals surface area contributed by atoms with E-state index in [1.807, 2.05) is 17.8 Å². The molecule has 5 heteroatoms. The summed E-state index contributed by atoms with van der Waals surface area (Å²) in [7, 11) is 0. The maximum absolute atomic E-state index is 5.69. The average Bonchev–Trinajstić information content (AvgIpc) is 2.39. The number of hydrogen-bond donors (Lipinski definition) is 2. The summed E-state index contributed by atoms with van der Waals surface area (Å²) in [4.78, 5) is 4.34. The van der Waals surface area contributed by atoms with Gasteiger partial charge in [-0.05, 0) is 41.1 Å². The van der Waals surface area contributed by atoms with Crippen molar-refractivity contribution in [1.82, 2.24) is 4.98 Å². The topological polar surface area (TPSA) is 50.9 Å². The molecular weight excluding hydrogens is 310 g/mol. The second-order valence-electron chi connectivity index (χ2n) is 4.90. The number of hydrogen-bond acceptors (Lipinski definition) is 4. The lowest BCUT2D eigenvalue weighted by Gasteiger charge is -2.36. The number of anilines is 2. The van der Waals surface area contributed by atoms with Crippen LogP contribution in [0.1, 0.15) is 32.1 Å². The number of nitrogen functional groups attached to an aromatic ring is 1. The number of aromatic nitrogens is 1. The van der Waals surface area contributed by atoms with E-state index in [1.54, 1.807) is 6.20 Å². The van der Waals surface area contributed by atoms with E-state index < -0.39 is 0 Å². The Kier molecular flexibility index (Phi) is 4.78. The summed E-state index contributed by atoms with van der Waals surface area (Å²) < 4.78 is 1.32. The van der Waals surface area contributed by atoms with E-state index in [1.165, 1.54) is 32.1 Å². The highest BCUT2D eigenvalue weighted by Gasteiger charge is 2.31. The Morgan fingerprint density at radius 1 is 1.44 bits per heavy atom. The van der Waals surface area contributed by atoms with Gasteiger partial charge in [0.15, 0.2) is 0 Å². The molecule has 0 aromatic carbocycles. The van der Waals surface area contributed by atoms with Crippen LogP contribution in [0, 0.1) is 0 Å². The van der Waals surface area contributed by atoms with Gasteiger partial charge >= 0.3 is 0 Å². The molecule has 0 unspecified atom stereocenters. The first-order valence-electron chi connectivity index (χ1n) is 6.35. The smallest absolute Gasteiger partial charge is 0.140 e. The zero-order chi connectivity index (χ0) is 13.0. The maximum Gasteiger partial charge on any atom is 0.140 e. The van der Waals surface area contributed by atoms with Crippen LogP contribution in [-0.4, -0.2) is 22.5 Å². The lowest BCUT2D eigenvalue weighted by atomic mass is 9.88. The van der Waals surface area contributed by atoms with E-state index in [0.29, 0.717) is 10.4 Å². The van der Waals surface area contributed by atoms with E-state index in [9.17, 15) is 0 Å². The van der Waals surface area contributed by atoms with Crippen LogP contribution in [0.4, 0.5) is 11.5 Å². The number of nitrogens with one attached hydrogen (secondary N) is 1. The second kappa shape index (κ2) is 6.15. The number of nitrogens with zero attached hydrogens (tertiary/aromatic N) is 1. The molecule has 1 saturated carbocycles. The van der Waals surface area contributed by atoms with Crippen LogP contribution in [0.25, 0.3) is 0 Å². The Hall–Kier alpha value is -0.420. The van der Waals surface area contributed by atoms with Crippen molar-refractivity contribution < 1.29 is 0 Å². The Labute approximate surface area is 121 Å². The van der Waals surface area contributed by atoms with E-state index in [0.717, 1.165) is 16.8 Å². The van der Waals surface area contributed by atoms with Crippen molar-refractivity contribution in [3.05, 3.63) is 16.7 Å². The summed E-state index contributed by atoms with van der Waals surface area (Å²) in [6.07, 6.45) is 10.6. The van der Waals surface area contributed by atoms with Crippen molar-refractivity contribution in [2.45, 2.75) is 36.9 Å². The highest BCUT2D eigenvalue weighted by atomic mass is 79.9. The van der Waals surface area contributed by atoms with Gasteiger partial charge in [-0.3, -0.25) is 0 Å². The molecular formula is C13H20BrN3S. The van der Waals surface area contributed by atoms with Crippen LogP contribution in [0.15, 0.2) is 16.7 Å². The SMILES string of the molecule is CSC1(CNc2ncc(N)cc2Br)CCCCC1. The van der Waals surface area contributed by atoms with Gasteiger partial charge in [-0.25, -0.2) is 4.98 Å². The molecule has 1 aromatic heterocycles. The third-order valence-corrected chi connectivity index (χ3v) is 5.66. The minimum atomic E-state index is 0.376. The van der Waals surface area contributed by atoms with Crippen LogP contribution in [0.3, 0.4) is 0 Å². The maximum atomic E-state index is 5.69. The van der Waals surface area contributed by atoms with Gasteiger partial charge in [-0.2, -0.15) is 11.8 Å².